The molecule has 0 aromatic carbocycles. The van der Waals surface area contributed by atoms with Gasteiger partial charge < -0.3 is 11.1 Å². The number of carbonyl (C=O) groups excluding carboxylic acids is 1. The normalized spacial score (nSPS) is 27.1. The molecule has 1 aliphatic rings. The third kappa shape index (κ3) is 4.74. The van der Waals surface area contributed by atoms with E-state index in [1.165, 1.54) is 12.8 Å². The lowest BCUT2D eigenvalue weighted by molar-refractivity contribution is -0.125. The molecule has 1 aliphatic carbocycles. The molecular weight excluding hydrogens is 250 g/mol. The Morgan fingerprint density at radius 2 is 2.00 bits per heavy atom. The SMILES string of the molecule is CCCN(CC(=O)NC(C)C)C1(CN)CCC(C)CC1. The first kappa shape index (κ1) is 17.4. The zero-order chi connectivity index (χ0) is 15.2. The molecule has 0 heterocycles. The van der Waals surface area contributed by atoms with Gasteiger partial charge in [0.15, 0.2) is 0 Å². The van der Waals surface area contributed by atoms with Crippen molar-refractivity contribution >= 4 is 5.91 Å². The number of carbonyl (C=O) groups is 1. The van der Waals surface area contributed by atoms with Crippen molar-refractivity contribution in [1.29, 1.82) is 0 Å². The summed E-state index contributed by atoms with van der Waals surface area (Å²) in [5.41, 5.74) is 6.16. The second-order valence-electron chi connectivity index (χ2n) is 6.75. The Morgan fingerprint density at radius 3 is 2.45 bits per heavy atom. The predicted molar refractivity (Wildman–Crippen MR) is 84.6 cm³/mol. The monoisotopic (exact) mass is 283 g/mol. The highest BCUT2D eigenvalue weighted by Gasteiger charge is 2.38. The van der Waals surface area contributed by atoms with Crippen LogP contribution in [0.15, 0.2) is 0 Å². The predicted octanol–water partition coefficient (Wildman–Crippen LogP) is 2.13. The maximum Gasteiger partial charge on any atom is 0.234 e. The van der Waals surface area contributed by atoms with Gasteiger partial charge >= 0.3 is 0 Å². The first-order chi connectivity index (χ1) is 9.43. The summed E-state index contributed by atoms with van der Waals surface area (Å²) in [4.78, 5) is 14.5. The van der Waals surface area contributed by atoms with E-state index < -0.39 is 0 Å². The van der Waals surface area contributed by atoms with E-state index in [1.807, 2.05) is 13.8 Å². The number of hydrogen-bond acceptors (Lipinski definition) is 3. The highest BCUT2D eigenvalue weighted by atomic mass is 16.2. The second-order valence-corrected chi connectivity index (χ2v) is 6.75. The van der Waals surface area contributed by atoms with E-state index in [0.29, 0.717) is 13.1 Å². The lowest BCUT2D eigenvalue weighted by atomic mass is 9.76. The Morgan fingerprint density at radius 1 is 1.40 bits per heavy atom. The van der Waals surface area contributed by atoms with Gasteiger partial charge in [0, 0.05) is 18.1 Å². The van der Waals surface area contributed by atoms with Crippen LogP contribution in [0.3, 0.4) is 0 Å². The minimum absolute atomic E-state index is 0.0385. The Labute approximate surface area is 124 Å². The van der Waals surface area contributed by atoms with Crippen LogP contribution < -0.4 is 11.1 Å². The van der Waals surface area contributed by atoms with Crippen molar-refractivity contribution in [3.05, 3.63) is 0 Å². The first-order valence-electron chi connectivity index (χ1n) is 8.18. The lowest BCUT2D eigenvalue weighted by Gasteiger charge is -2.47. The summed E-state index contributed by atoms with van der Waals surface area (Å²) >= 11 is 0. The highest BCUT2D eigenvalue weighted by Crippen LogP contribution is 2.35. The van der Waals surface area contributed by atoms with Crippen molar-refractivity contribution < 1.29 is 4.79 Å². The maximum absolute atomic E-state index is 12.1. The van der Waals surface area contributed by atoms with Gasteiger partial charge in [0.25, 0.3) is 0 Å². The van der Waals surface area contributed by atoms with Gasteiger partial charge in [-0.15, -0.1) is 0 Å². The Kier molecular flexibility index (Phi) is 6.96. The summed E-state index contributed by atoms with van der Waals surface area (Å²) < 4.78 is 0. The number of rotatable bonds is 7. The Balaban J connectivity index is 2.73. The Hall–Kier alpha value is -0.610. The molecule has 1 rings (SSSR count). The van der Waals surface area contributed by atoms with Crippen LogP contribution in [-0.4, -0.2) is 42.0 Å². The molecule has 3 N–H and O–H groups in total. The number of amides is 1. The van der Waals surface area contributed by atoms with Crippen LogP contribution in [0.1, 0.15) is 59.8 Å². The van der Waals surface area contributed by atoms with Gasteiger partial charge in [-0.1, -0.05) is 13.8 Å². The topological polar surface area (TPSA) is 58.4 Å². The molecule has 1 saturated carbocycles. The van der Waals surface area contributed by atoms with Crippen molar-refractivity contribution in [2.45, 2.75) is 71.4 Å². The Bertz CT molecular complexity index is 296. The molecule has 0 atom stereocenters. The largest absolute Gasteiger partial charge is 0.353 e. The quantitative estimate of drug-likeness (QED) is 0.752. The molecule has 0 aliphatic heterocycles. The van der Waals surface area contributed by atoms with E-state index in [0.717, 1.165) is 31.7 Å². The first-order valence-corrected chi connectivity index (χ1v) is 8.18. The zero-order valence-corrected chi connectivity index (χ0v) is 13.7. The molecule has 0 bridgehead atoms. The van der Waals surface area contributed by atoms with Crippen LogP contribution in [0.2, 0.25) is 0 Å². The molecule has 0 aromatic rings. The third-order valence-corrected chi connectivity index (χ3v) is 4.53. The molecular formula is C16H33N3O. The lowest BCUT2D eigenvalue weighted by Crippen LogP contribution is -2.58. The van der Waals surface area contributed by atoms with Crippen molar-refractivity contribution in [3.63, 3.8) is 0 Å². The number of hydrogen-bond donors (Lipinski definition) is 2. The third-order valence-electron chi connectivity index (χ3n) is 4.53. The van der Waals surface area contributed by atoms with Gasteiger partial charge in [-0.2, -0.15) is 0 Å². The van der Waals surface area contributed by atoms with Crippen molar-refractivity contribution in [1.82, 2.24) is 10.2 Å². The minimum Gasteiger partial charge on any atom is -0.353 e. The van der Waals surface area contributed by atoms with E-state index in [4.69, 9.17) is 5.73 Å². The molecule has 1 fully saturated rings. The average Bonchev–Trinajstić information content (AvgIpc) is 2.39. The number of nitrogens with zero attached hydrogens (tertiary/aromatic N) is 1. The van der Waals surface area contributed by atoms with Gasteiger partial charge in [-0.05, 0) is 58.4 Å². The van der Waals surface area contributed by atoms with Crippen LogP contribution in [0, 0.1) is 5.92 Å². The van der Waals surface area contributed by atoms with Crippen molar-refractivity contribution in [2.75, 3.05) is 19.6 Å². The van der Waals surface area contributed by atoms with Crippen LogP contribution in [0.25, 0.3) is 0 Å². The van der Waals surface area contributed by atoms with E-state index >= 15 is 0 Å². The van der Waals surface area contributed by atoms with E-state index in [1.54, 1.807) is 0 Å². The average molecular weight is 283 g/mol. The number of nitrogens with two attached hydrogens (primary N) is 1. The van der Waals surface area contributed by atoms with E-state index in [9.17, 15) is 4.79 Å². The van der Waals surface area contributed by atoms with Crippen molar-refractivity contribution in [2.24, 2.45) is 11.7 Å². The summed E-state index contributed by atoms with van der Waals surface area (Å²) in [6, 6.07) is 0.200. The fraction of sp³-hybridized carbons (Fsp3) is 0.938. The minimum atomic E-state index is 0.0385. The molecule has 20 heavy (non-hydrogen) atoms. The molecule has 0 radical (unpaired) electrons. The second kappa shape index (κ2) is 7.99. The van der Waals surface area contributed by atoms with Gasteiger partial charge in [-0.25, -0.2) is 0 Å². The van der Waals surface area contributed by atoms with Crippen LogP contribution in [0.4, 0.5) is 0 Å². The standard InChI is InChI=1S/C16H33N3O/c1-5-10-19(11-15(20)18-13(2)3)16(12-17)8-6-14(4)7-9-16/h13-14H,5-12,17H2,1-4H3,(H,18,20). The fourth-order valence-corrected chi connectivity index (χ4v) is 3.24. The molecule has 0 unspecified atom stereocenters. The highest BCUT2D eigenvalue weighted by molar-refractivity contribution is 5.78. The molecule has 1 amide bonds. The van der Waals surface area contributed by atoms with Crippen LogP contribution in [0.5, 0.6) is 0 Å². The van der Waals surface area contributed by atoms with E-state index in [-0.39, 0.29) is 17.5 Å². The summed E-state index contributed by atoms with van der Waals surface area (Å²) in [5.74, 6) is 0.919. The summed E-state index contributed by atoms with van der Waals surface area (Å²) in [5, 5.41) is 3.00. The van der Waals surface area contributed by atoms with Crippen LogP contribution >= 0.6 is 0 Å². The van der Waals surface area contributed by atoms with Crippen molar-refractivity contribution in [3.8, 4) is 0 Å². The smallest absolute Gasteiger partial charge is 0.234 e. The van der Waals surface area contributed by atoms with Gasteiger partial charge in [0.2, 0.25) is 5.91 Å². The zero-order valence-electron chi connectivity index (χ0n) is 13.7. The molecule has 4 heteroatoms. The molecule has 4 nitrogen and oxygen atoms in total. The maximum atomic E-state index is 12.1. The van der Waals surface area contributed by atoms with E-state index in [2.05, 4.69) is 24.1 Å². The van der Waals surface area contributed by atoms with Gasteiger partial charge in [0.05, 0.1) is 6.54 Å². The summed E-state index contributed by atoms with van der Waals surface area (Å²) in [6.07, 6.45) is 5.76. The fourth-order valence-electron chi connectivity index (χ4n) is 3.24. The number of nitrogens with one attached hydrogen (secondary N) is 1. The van der Waals surface area contributed by atoms with Gasteiger partial charge in [-0.3, -0.25) is 9.69 Å². The molecule has 0 saturated heterocycles. The van der Waals surface area contributed by atoms with Crippen LogP contribution in [-0.2, 0) is 4.79 Å². The van der Waals surface area contributed by atoms with Gasteiger partial charge in [0.1, 0.15) is 0 Å². The summed E-state index contributed by atoms with van der Waals surface area (Å²) in [7, 11) is 0. The molecule has 0 aromatic heterocycles. The molecule has 118 valence electrons. The summed E-state index contributed by atoms with van der Waals surface area (Å²) in [6.45, 7) is 10.6. The molecule has 0 spiro atoms.